The Bertz CT molecular complexity index is 1250. The van der Waals surface area contributed by atoms with E-state index in [2.05, 4.69) is 6.92 Å². The van der Waals surface area contributed by atoms with Crippen LogP contribution in [0.5, 0.6) is 0 Å². The Morgan fingerprint density at radius 3 is 1.57 bits per heavy atom. The van der Waals surface area contributed by atoms with E-state index in [1.807, 2.05) is 0 Å². The fraction of sp³-hybridized carbons (Fsp3) is 0.976. The minimum atomic E-state index is -1.90. The summed E-state index contributed by atoms with van der Waals surface area (Å²) in [4.78, 5) is 11.4. The predicted molar refractivity (Wildman–Crippen MR) is 210 cm³/mol. The first-order valence-corrected chi connectivity index (χ1v) is 22.1. The third-order valence-electron chi connectivity index (χ3n) is 12.2. The molecule has 0 saturated carbocycles. The zero-order valence-corrected chi connectivity index (χ0v) is 36.1. The number of unbranched alkanes of at least 4 members (excludes halogenated alkanes) is 8. The first kappa shape index (κ1) is 52.4. The predicted octanol–water partition coefficient (Wildman–Crippen LogP) is -1.01. The Morgan fingerprint density at radius 2 is 0.967 bits per heavy atom. The summed E-state index contributed by atoms with van der Waals surface area (Å²) in [6, 6.07) is 0. The number of hydrogen-bond donors (Lipinski definition) is 10. The lowest BCUT2D eigenvalue weighted by Crippen LogP contribution is -2.67. The van der Waals surface area contributed by atoms with Crippen molar-refractivity contribution in [1.82, 2.24) is 0 Å². The third-order valence-corrected chi connectivity index (χ3v) is 12.2. The minimum absolute atomic E-state index is 0.203. The number of aliphatic hydroxyl groups is 10. The molecular formula is C41H74O20. The summed E-state index contributed by atoms with van der Waals surface area (Å²) >= 11 is 0. The van der Waals surface area contributed by atoms with Gasteiger partial charge in [0.15, 0.2) is 25.2 Å². The summed E-state index contributed by atoms with van der Waals surface area (Å²) in [6.45, 7) is 5.79. The van der Waals surface area contributed by atoms with Crippen molar-refractivity contribution in [1.29, 1.82) is 0 Å². The highest BCUT2D eigenvalue weighted by Gasteiger charge is 2.55. The SMILES string of the molecule is CCCCC[C@@H](CCCCCCCCCC(=O)OC)O[C@@H]1O[C@H](C)[C@@H](O)[C@H](O)[C@H]1O[C@@H]1O[C@H](CO)[C@@H](O)[C@H](O)[C@H]1O[C@@H]1O[C@@H](C)[C@H](O[C@@H]2O[C@H](C)[C@H](O)[C@H](O)[C@H]2O)[C@@H](O)[C@H]1O. The quantitative estimate of drug-likeness (QED) is 0.0434. The highest BCUT2D eigenvalue weighted by Crippen LogP contribution is 2.35. The molecule has 4 saturated heterocycles. The Balaban J connectivity index is 1.45. The Hall–Kier alpha value is -1.25. The number of aliphatic hydroxyl groups excluding tert-OH is 10. The molecule has 0 aromatic rings. The van der Waals surface area contributed by atoms with Crippen molar-refractivity contribution in [2.45, 2.75) is 240 Å². The number of rotatable bonds is 23. The summed E-state index contributed by atoms with van der Waals surface area (Å²) in [5.41, 5.74) is 0. The average Bonchev–Trinajstić information content (AvgIpc) is 3.24. The first-order chi connectivity index (χ1) is 29.0. The van der Waals surface area contributed by atoms with Crippen molar-refractivity contribution < 1.29 is 98.5 Å². The van der Waals surface area contributed by atoms with Crippen molar-refractivity contribution in [2.24, 2.45) is 0 Å². The van der Waals surface area contributed by atoms with E-state index in [1.54, 1.807) is 6.92 Å². The molecular weight excluding hydrogens is 812 g/mol. The smallest absolute Gasteiger partial charge is 0.305 e. The second kappa shape index (κ2) is 25.4. The fourth-order valence-electron chi connectivity index (χ4n) is 8.18. The van der Waals surface area contributed by atoms with Crippen molar-refractivity contribution in [2.75, 3.05) is 13.7 Å². The van der Waals surface area contributed by atoms with Crippen LogP contribution in [0.15, 0.2) is 0 Å². The van der Waals surface area contributed by atoms with Gasteiger partial charge in [-0.05, 0) is 40.0 Å². The minimum Gasteiger partial charge on any atom is -0.469 e. The van der Waals surface area contributed by atoms with Gasteiger partial charge >= 0.3 is 5.97 Å². The van der Waals surface area contributed by atoms with Gasteiger partial charge in [-0.2, -0.15) is 0 Å². The van der Waals surface area contributed by atoms with Gasteiger partial charge < -0.3 is 93.7 Å². The zero-order valence-electron chi connectivity index (χ0n) is 36.1. The van der Waals surface area contributed by atoms with E-state index in [0.717, 1.165) is 64.2 Å². The second-order valence-corrected chi connectivity index (χ2v) is 16.9. The summed E-state index contributed by atoms with van der Waals surface area (Å²) in [6.07, 6.45) is -19.3. The van der Waals surface area contributed by atoms with Gasteiger partial charge in [-0.3, -0.25) is 4.79 Å². The lowest BCUT2D eigenvalue weighted by Gasteiger charge is -2.49. The van der Waals surface area contributed by atoms with Gasteiger partial charge in [0, 0.05) is 6.42 Å². The van der Waals surface area contributed by atoms with Gasteiger partial charge in [0.1, 0.15) is 79.4 Å². The van der Waals surface area contributed by atoms with Crippen LogP contribution in [0.3, 0.4) is 0 Å². The van der Waals surface area contributed by atoms with Crippen molar-refractivity contribution >= 4 is 5.97 Å². The molecule has 4 heterocycles. The van der Waals surface area contributed by atoms with Crippen molar-refractivity contribution in [3.63, 3.8) is 0 Å². The standard InChI is InChI=1S/C41H74O20/c1-6-7-13-16-23(17-14-11-9-8-10-12-15-18-25(43)53-5)57-40-36(30(48)27(45)21(3)55-40)61-41-37(31(49)28(46)24(19-42)58-41)60-39-34(52)32(50)35(22(4)56-39)59-38-33(51)29(47)26(44)20(2)54-38/h20-24,26-42,44-52H,6-19H2,1-5H3/t20-,21-,22+,23+,24-,26+,27-,28-,29+,30+,31+,32+,33-,34-,35+,36-,37-,38+,39+,40+,41+/m1/s1. The maximum atomic E-state index is 11.4. The lowest BCUT2D eigenvalue weighted by atomic mass is 9.96. The van der Waals surface area contributed by atoms with Crippen molar-refractivity contribution in [3.05, 3.63) is 0 Å². The molecule has 21 atom stereocenters. The third kappa shape index (κ3) is 14.1. The van der Waals surface area contributed by atoms with E-state index in [-0.39, 0.29) is 12.1 Å². The fourth-order valence-corrected chi connectivity index (χ4v) is 8.18. The Labute approximate surface area is 357 Å². The molecule has 20 heteroatoms. The maximum absolute atomic E-state index is 11.4. The molecule has 4 aliphatic rings. The summed E-state index contributed by atoms with van der Waals surface area (Å²) in [7, 11) is 1.38. The molecule has 61 heavy (non-hydrogen) atoms. The van der Waals surface area contributed by atoms with Crippen LogP contribution < -0.4 is 0 Å². The van der Waals surface area contributed by atoms with E-state index in [4.69, 9.17) is 42.6 Å². The molecule has 0 aromatic heterocycles. The second-order valence-electron chi connectivity index (χ2n) is 16.9. The normalized spacial score (nSPS) is 42.6. The summed E-state index contributed by atoms with van der Waals surface area (Å²) in [5.74, 6) is -0.203. The lowest BCUT2D eigenvalue weighted by molar-refractivity contribution is -0.398. The van der Waals surface area contributed by atoms with E-state index in [1.165, 1.54) is 21.0 Å². The van der Waals surface area contributed by atoms with Gasteiger partial charge in [0.2, 0.25) is 0 Å². The molecule has 20 nitrogen and oxygen atoms in total. The molecule has 0 unspecified atom stereocenters. The zero-order chi connectivity index (χ0) is 45.0. The average molecular weight is 887 g/mol. The molecule has 0 radical (unpaired) electrons. The number of esters is 1. The van der Waals surface area contributed by atoms with Crippen molar-refractivity contribution in [3.8, 4) is 0 Å². The molecule has 0 spiro atoms. The molecule has 0 aromatic carbocycles. The van der Waals surface area contributed by atoms with Gasteiger partial charge in [-0.15, -0.1) is 0 Å². The van der Waals surface area contributed by atoms with E-state index in [0.29, 0.717) is 19.3 Å². The Kier molecular flexibility index (Phi) is 21.8. The van der Waals surface area contributed by atoms with Crippen LogP contribution in [0.25, 0.3) is 0 Å². The highest BCUT2D eigenvalue weighted by molar-refractivity contribution is 5.68. The van der Waals surface area contributed by atoms with Gasteiger partial charge in [0.25, 0.3) is 0 Å². The van der Waals surface area contributed by atoms with Crippen LogP contribution in [0.1, 0.15) is 111 Å². The maximum Gasteiger partial charge on any atom is 0.305 e. The van der Waals surface area contributed by atoms with Crippen LogP contribution in [-0.2, 0) is 47.4 Å². The van der Waals surface area contributed by atoms with Crippen LogP contribution >= 0.6 is 0 Å². The molecule has 4 fully saturated rings. The molecule has 4 rings (SSSR count). The summed E-state index contributed by atoms with van der Waals surface area (Å²) in [5, 5.41) is 108. The molecule has 4 aliphatic heterocycles. The first-order valence-electron chi connectivity index (χ1n) is 22.1. The Morgan fingerprint density at radius 1 is 0.508 bits per heavy atom. The number of carbonyl (C=O) groups excluding carboxylic acids is 1. The van der Waals surface area contributed by atoms with Gasteiger partial charge in [-0.1, -0.05) is 64.7 Å². The monoisotopic (exact) mass is 886 g/mol. The number of methoxy groups -OCH3 is 1. The summed E-state index contributed by atoms with van der Waals surface area (Å²) < 4.78 is 52.5. The van der Waals surface area contributed by atoms with E-state index in [9.17, 15) is 55.9 Å². The van der Waals surface area contributed by atoms with Crippen LogP contribution in [0.2, 0.25) is 0 Å². The van der Waals surface area contributed by atoms with Gasteiger partial charge in [0.05, 0.1) is 38.1 Å². The number of ether oxygens (including phenoxy) is 9. The molecule has 0 bridgehead atoms. The van der Waals surface area contributed by atoms with Crippen LogP contribution in [0.4, 0.5) is 0 Å². The van der Waals surface area contributed by atoms with Crippen LogP contribution in [0, 0.1) is 0 Å². The van der Waals surface area contributed by atoms with E-state index >= 15 is 0 Å². The van der Waals surface area contributed by atoms with E-state index < -0.39 is 129 Å². The van der Waals surface area contributed by atoms with Gasteiger partial charge in [-0.25, -0.2) is 0 Å². The molecule has 0 aliphatic carbocycles. The largest absolute Gasteiger partial charge is 0.469 e. The van der Waals surface area contributed by atoms with Crippen LogP contribution in [-0.4, -0.2) is 200 Å². The molecule has 0 amide bonds. The number of hydrogen-bond acceptors (Lipinski definition) is 20. The topological polar surface area (TPSA) is 302 Å². The molecule has 358 valence electrons. The highest BCUT2D eigenvalue weighted by atomic mass is 16.8. The molecule has 10 N–H and O–H groups in total. The number of carbonyl (C=O) groups is 1.